The number of fused-ring (bicyclic) bond motifs is 2. The first-order chi connectivity index (χ1) is 20.9. The Hall–Kier alpha value is -3.28. The average Bonchev–Trinajstić information content (AvgIpc) is 3.73. The van der Waals surface area contributed by atoms with Gasteiger partial charge in [0, 0.05) is 37.8 Å². The van der Waals surface area contributed by atoms with E-state index in [0.29, 0.717) is 25.0 Å². The number of ether oxygens (including phenoxy) is 7. The zero-order chi connectivity index (χ0) is 31.5. The first-order valence-corrected chi connectivity index (χ1v) is 15.3. The van der Waals surface area contributed by atoms with Gasteiger partial charge in [0.2, 0.25) is 0 Å². The molecular formula is C33H40O11. The second-order valence-electron chi connectivity index (χ2n) is 13.0. The molecule has 0 aromatic carbocycles. The molecule has 0 N–H and O–H groups in total. The van der Waals surface area contributed by atoms with Crippen LogP contribution in [-0.4, -0.2) is 85.4 Å². The standard InChI is InChI=1S/C33H40O11/c1-19-9-12-31-17-38-28(37)15-23-10-13-39-32(20(2)41-21(3)34,29(23)42-22(4)35)11-7-6-8-27(36)44-24-16-26(43-25(31)14-19)33(18-40-33)30(24,31)5/h6-8,11,14-15,20,24-26,29H,9-10,12-13,16-18H2,1-5H3/b8-6-,11-7+,23-15+/t20-,24+,25+,26+,29-,30+,31+,32+,33-/m0/s1. The minimum atomic E-state index is -1.49. The molecule has 44 heavy (non-hydrogen) atoms. The molecule has 238 valence electrons. The van der Waals surface area contributed by atoms with Crippen molar-refractivity contribution in [2.24, 2.45) is 10.8 Å². The maximum atomic E-state index is 13.6. The highest BCUT2D eigenvalue weighted by Crippen LogP contribution is 2.72. The van der Waals surface area contributed by atoms with E-state index in [4.69, 9.17) is 33.2 Å². The molecule has 4 fully saturated rings. The highest BCUT2D eigenvalue weighted by molar-refractivity contribution is 5.84. The van der Waals surface area contributed by atoms with E-state index in [1.54, 1.807) is 19.1 Å². The van der Waals surface area contributed by atoms with Crippen molar-refractivity contribution in [1.82, 2.24) is 0 Å². The van der Waals surface area contributed by atoms with Crippen molar-refractivity contribution in [2.75, 3.05) is 19.8 Å². The largest absolute Gasteiger partial charge is 0.462 e. The third-order valence-electron chi connectivity index (χ3n) is 10.7. The number of cyclic esters (lactones) is 1. The fourth-order valence-corrected chi connectivity index (χ4v) is 8.31. The summed E-state index contributed by atoms with van der Waals surface area (Å²) in [6.45, 7) is 8.90. The van der Waals surface area contributed by atoms with Crippen molar-refractivity contribution in [1.29, 1.82) is 0 Å². The zero-order valence-corrected chi connectivity index (χ0v) is 25.8. The van der Waals surface area contributed by atoms with Gasteiger partial charge in [0.15, 0.2) is 11.7 Å². The van der Waals surface area contributed by atoms with Gasteiger partial charge in [0.25, 0.3) is 0 Å². The molecule has 11 nitrogen and oxygen atoms in total. The maximum Gasteiger partial charge on any atom is 0.331 e. The van der Waals surface area contributed by atoms with Crippen LogP contribution in [0.15, 0.2) is 47.6 Å². The van der Waals surface area contributed by atoms with E-state index in [0.717, 1.165) is 6.42 Å². The van der Waals surface area contributed by atoms with Crippen molar-refractivity contribution in [3.05, 3.63) is 47.6 Å². The summed E-state index contributed by atoms with van der Waals surface area (Å²) >= 11 is 0. The Morgan fingerprint density at radius 2 is 1.80 bits per heavy atom. The molecule has 3 saturated heterocycles. The fraction of sp³-hybridized carbons (Fsp3) is 0.636. The highest BCUT2D eigenvalue weighted by atomic mass is 16.6. The van der Waals surface area contributed by atoms with E-state index < -0.39 is 64.2 Å². The first-order valence-electron chi connectivity index (χ1n) is 15.3. The normalized spacial score (nSPS) is 44.5. The first kappa shape index (κ1) is 30.7. The lowest BCUT2D eigenvalue weighted by Gasteiger charge is -2.58. The minimum absolute atomic E-state index is 0.00586. The van der Waals surface area contributed by atoms with E-state index >= 15 is 0 Å². The number of rotatable bonds is 3. The van der Waals surface area contributed by atoms with Crippen LogP contribution < -0.4 is 0 Å². The summed E-state index contributed by atoms with van der Waals surface area (Å²) < 4.78 is 42.5. The Kier molecular flexibility index (Phi) is 7.65. The van der Waals surface area contributed by atoms with Gasteiger partial charge in [-0.1, -0.05) is 30.7 Å². The predicted octanol–water partition coefficient (Wildman–Crippen LogP) is 3.21. The number of esters is 4. The van der Waals surface area contributed by atoms with Crippen LogP contribution in [0.2, 0.25) is 0 Å². The van der Waals surface area contributed by atoms with Crippen molar-refractivity contribution < 1.29 is 52.3 Å². The molecule has 0 aromatic rings. The Bertz CT molecular complexity index is 1370. The van der Waals surface area contributed by atoms with Crippen LogP contribution in [0.5, 0.6) is 0 Å². The minimum Gasteiger partial charge on any atom is -0.462 e. The van der Waals surface area contributed by atoms with Gasteiger partial charge in [-0.2, -0.15) is 0 Å². The third kappa shape index (κ3) is 4.66. The second kappa shape index (κ2) is 11.0. The molecule has 0 radical (unpaired) electrons. The molecule has 11 heteroatoms. The quantitative estimate of drug-likeness (QED) is 0.201. The van der Waals surface area contributed by atoms with E-state index in [1.807, 2.05) is 0 Å². The van der Waals surface area contributed by atoms with Crippen LogP contribution in [0, 0.1) is 10.8 Å². The van der Waals surface area contributed by atoms with Crippen LogP contribution in [0.1, 0.15) is 60.3 Å². The average molecular weight is 613 g/mol. The maximum absolute atomic E-state index is 13.6. The van der Waals surface area contributed by atoms with Crippen LogP contribution in [-0.2, 0) is 52.3 Å². The van der Waals surface area contributed by atoms with E-state index in [1.165, 1.54) is 37.6 Å². The molecular weight excluding hydrogens is 572 g/mol. The van der Waals surface area contributed by atoms with Gasteiger partial charge < -0.3 is 33.2 Å². The lowest BCUT2D eigenvalue weighted by atomic mass is 9.51. The predicted molar refractivity (Wildman–Crippen MR) is 153 cm³/mol. The molecule has 6 rings (SSSR count). The second-order valence-corrected chi connectivity index (χ2v) is 13.0. The SMILES string of the molecule is CC(=O)O[C@@H](C)[C@@]12/C=C/C=C\C(=O)O[C@@H]3C[C@H]4O[C@@H]5C=C(C)CC[C@]5(COC(=O)/C=C(\CCO1)[C@@H]2OC(C)=O)[C@]3(C)[C@]41CO1. The smallest absolute Gasteiger partial charge is 0.331 e. The van der Waals surface area contributed by atoms with Crippen LogP contribution in [0.4, 0.5) is 0 Å². The van der Waals surface area contributed by atoms with Crippen LogP contribution >= 0.6 is 0 Å². The van der Waals surface area contributed by atoms with Crippen molar-refractivity contribution in [3.8, 4) is 0 Å². The Labute approximate surface area is 256 Å². The van der Waals surface area contributed by atoms with Crippen molar-refractivity contribution >= 4 is 23.9 Å². The molecule has 2 spiro atoms. The molecule has 0 unspecified atom stereocenters. The monoisotopic (exact) mass is 612 g/mol. The van der Waals surface area contributed by atoms with Gasteiger partial charge in [0.05, 0.1) is 30.8 Å². The number of hydrogen-bond acceptors (Lipinski definition) is 11. The molecule has 6 aliphatic rings. The molecule has 0 amide bonds. The Balaban J connectivity index is 1.45. The fourth-order valence-electron chi connectivity index (χ4n) is 8.31. The zero-order valence-electron chi connectivity index (χ0n) is 25.8. The Morgan fingerprint density at radius 1 is 1.02 bits per heavy atom. The van der Waals surface area contributed by atoms with Gasteiger partial charge in [-0.05, 0) is 44.8 Å². The molecule has 4 bridgehead atoms. The van der Waals surface area contributed by atoms with Gasteiger partial charge in [-0.3, -0.25) is 9.59 Å². The summed E-state index contributed by atoms with van der Waals surface area (Å²) in [7, 11) is 0. The van der Waals surface area contributed by atoms with Crippen molar-refractivity contribution in [2.45, 2.75) is 102 Å². The molecule has 2 aliphatic carbocycles. The molecule has 0 aromatic heterocycles. The lowest BCUT2D eigenvalue weighted by molar-refractivity contribution is -0.232. The summed E-state index contributed by atoms with van der Waals surface area (Å²) in [4.78, 5) is 51.2. The van der Waals surface area contributed by atoms with E-state index in [-0.39, 0.29) is 31.8 Å². The molecule has 9 atom stereocenters. The third-order valence-corrected chi connectivity index (χ3v) is 10.7. The summed E-state index contributed by atoms with van der Waals surface area (Å²) in [6.07, 6.45) is 8.33. The number of allylic oxidation sites excluding steroid dienone is 3. The number of carbonyl (C=O) groups excluding carboxylic acids is 4. The van der Waals surface area contributed by atoms with E-state index in [9.17, 15) is 19.2 Å². The van der Waals surface area contributed by atoms with Crippen molar-refractivity contribution in [3.63, 3.8) is 0 Å². The van der Waals surface area contributed by atoms with Crippen LogP contribution in [0.3, 0.4) is 0 Å². The lowest BCUT2D eigenvalue weighted by Crippen LogP contribution is -2.66. The van der Waals surface area contributed by atoms with Gasteiger partial charge >= 0.3 is 23.9 Å². The summed E-state index contributed by atoms with van der Waals surface area (Å²) in [5, 5.41) is 0. The number of epoxide rings is 1. The van der Waals surface area contributed by atoms with Gasteiger partial charge in [-0.25, -0.2) is 9.59 Å². The van der Waals surface area contributed by atoms with Crippen LogP contribution in [0.25, 0.3) is 0 Å². The summed E-state index contributed by atoms with van der Waals surface area (Å²) in [6, 6.07) is 0. The Morgan fingerprint density at radius 3 is 2.50 bits per heavy atom. The molecule has 4 heterocycles. The molecule has 1 saturated carbocycles. The van der Waals surface area contributed by atoms with Gasteiger partial charge in [0.1, 0.15) is 24.4 Å². The summed E-state index contributed by atoms with van der Waals surface area (Å²) in [5.74, 6) is -2.35. The molecule has 4 aliphatic heterocycles. The summed E-state index contributed by atoms with van der Waals surface area (Å²) in [5.41, 5.74) is -1.91. The topological polar surface area (TPSA) is 136 Å². The van der Waals surface area contributed by atoms with Gasteiger partial charge in [-0.15, -0.1) is 0 Å². The number of carbonyl (C=O) groups is 4. The highest BCUT2D eigenvalue weighted by Gasteiger charge is 2.83. The number of hydrogen-bond donors (Lipinski definition) is 0. The van der Waals surface area contributed by atoms with E-state index in [2.05, 4.69) is 19.9 Å².